The van der Waals surface area contributed by atoms with Crippen molar-refractivity contribution in [1.82, 2.24) is 4.98 Å². The number of nitrogens with zero attached hydrogens (tertiary/aromatic N) is 2. The molecular weight excluding hydrogens is 278 g/mol. The molecule has 1 aromatic carbocycles. The lowest BCUT2D eigenvalue weighted by Crippen LogP contribution is -2.10. The lowest BCUT2D eigenvalue weighted by atomic mass is 10.1. The fourth-order valence-corrected chi connectivity index (χ4v) is 3.09. The SMILES string of the molecule is CC(Nc1cccc(N(C)C)c1)c1cnc2ccsc2c1. The predicted molar refractivity (Wildman–Crippen MR) is 92.4 cm³/mol. The van der Waals surface area contributed by atoms with Gasteiger partial charge in [0.1, 0.15) is 0 Å². The number of aromatic nitrogens is 1. The standard InChI is InChI=1S/C17H19N3S/c1-12(13-9-17-16(18-11-13)7-8-21-17)19-14-5-4-6-15(10-14)20(2)3/h4-12,19H,1-3H3. The second kappa shape index (κ2) is 5.74. The number of benzene rings is 1. The third-order valence-corrected chi connectivity index (χ3v) is 4.42. The molecule has 0 aliphatic heterocycles. The quantitative estimate of drug-likeness (QED) is 0.766. The molecule has 3 rings (SSSR count). The molecule has 3 nitrogen and oxygen atoms in total. The second-order valence-corrected chi connectivity index (χ2v) is 6.33. The summed E-state index contributed by atoms with van der Waals surface area (Å²) >= 11 is 1.73. The van der Waals surface area contributed by atoms with Gasteiger partial charge in [0.15, 0.2) is 0 Å². The summed E-state index contributed by atoms with van der Waals surface area (Å²) in [4.78, 5) is 6.62. The monoisotopic (exact) mass is 297 g/mol. The topological polar surface area (TPSA) is 28.2 Å². The number of hydrogen-bond acceptors (Lipinski definition) is 4. The molecule has 0 fully saturated rings. The Balaban J connectivity index is 1.81. The maximum absolute atomic E-state index is 4.51. The Morgan fingerprint density at radius 3 is 2.86 bits per heavy atom. The first-order valence-electron chi connectivity index (χ1n) is 7.00. The van der Waals surface area contributed by atoms with Gasteiger partial charge in [-0.05, 0) is 48.2 Å². The molecule has 2 heterocycles. The van der Waals surface area contributed by atoms with Crippen LogP contribution in [-0.2, 0) is 0 Å². The van der Waals surface area contributed by atoms with Crippen LogP contribution in [0.4, 0.5) is 11.4 Å². The minimum atomic E-state index is 0.224. The number of nitrogens with one attached hydrogen (secondary N) is 1. The highest BCUT2D eigenvalue weighted by atomic mass is 32.1. The van der Waals surface area contributed by atoms with Crippen molar-refractivity contribution in [1.29, 1.82) is 0 Å². The number of thiophene rings is 1. The molecule has 0 bridgehead atoms. The van der Waals surface area contributed by atoms with E-state index >= 15 is 0 Å². The van der Waals surface area contributed by atoms with Gasteiger partial charge in [-0.2, -0.15) is 0 Å². The molecular formula is C17H19N3S. The van der Waals surface area contributed by atoms with Gasteiger partial charge in [-0.25, -0.2) is 0 Å². The molecule has 1 N–H and O–H groups in total. The van der Waals surface area contributed by atoms with E-state index in [-0.39, 0.29) is 6.04 Å². The molecule has 0 saturated carbocycles. The Bertz CT molecular complexity index is 748. The second-order valence-electron chi connectivity index (χ2n) is 5.38. The van der Waals surface area contributed by atoms with E-state index in [0.29, 0.717) is 0 Å². The molecule has 1 atom stereocenters. The van der Waals surface area contributed by atoms with Crippen LogP contribution in [-0.4, -0.2) is 19.1 Å². The molecule has 0 aliphatic carbocycles. The minimum absolute atomic E-state index is 0.224. The molecule has 4 heteroatoms. The zero-order valence-electron chi connectivity index (χ0n) is 12.5. The van der Waals surface area contributed by atoms with Crippen molar-refractivity contribution in [3.8, 4) is 0 Å². The summed E-state index contributed by atoms with van der Waals surface area (Å²) in [7, 11) is 4.11. The van der Waals surface area contributed by atoms with Crippen LogP contribution in [0.2, 0.25) is 0 Å². The molecule has 21 heavy (non-hydrogen) atoms. The van der Waals surface area contributed by atoms with Crippen LogP contribution >= 0.6 is 11.3 Å². The van der Waals surface area contributed by atoms with Crippen molar-refractivity contribution in [2.24, 2.45) is 0 Å². The first kappa shape index (κ1) is 13.9. The van der Waals surface area contributed by atoms with Crippen molar-refractivity contribution < 1.29 is 0 Å². The molecule has 2 aromatic heterocycles. The van der Waals surface area contributed by atoms with Gasteiger partial charge < -0.3 is 10.2 Å². The Morgan fingerprint density at radius 1 is 1.19 bits per heavy atom. The third kappa shape index (κ3) is 3.00. The van der Waals surface area contributed by atoms with Crippen LogP contribution in [0.15, 0.2) is 48.0 Å². The van der Waals surface area contributed by atoms with E-state index in [2.05, 4.69) is 78.0 Å². The van der Waals surface area contributed by atoms with Crippen LogP contribution in [0, 0.1) is 0 Å². The first-order chi connectivity index (χ1) is 10.1. The van der Waals surface area contributed by atoms with Crippen LogP contribution in [0.3, 0.4) is 0 Å². The van der Waals surface area contributed by atoms with E-state index in [1.165, 1.54) is 16.0 Å². The van der Waals surface area contributed by atoms with E-state index in [1.54, 1.807) is 11.3 Å². The fourth-order valence-electron chi connectivity index (χ4n) is 2.31. The molecule has 108 valence electrons. The molecule has 0 radical (unpaired) electrons. The average molecular weight is 297 g/mol. The first-order valence-corrected chi connectivity index (χ1v) is 7.88. The van der Waals surface area contributed by atoms with E-state index in [1.807, 2.05) is 6.20 Å². The molecule has 3 aromatic rings. The van der Waals surface area contributed by atoms with Gasteiger partial charge >= 0.3 is 0 Å². The zero-order valence-corrected chi connectivity index (χ0v) is 13.3. The molecule has 0 aliphatic rings. The molecule has 1 unspecified atom stereocenters. The number of hydrogen-bond donors (Lipinski definition) is 1. The fraction of sp³-hybridized carbons (Fsp3) is 0.235. The maximum Gasteiger partial charge on any atom is 0.0809 e. The highest BCUT2D eigenvalue weighted by molar-refractivity contribution is 7.17. The summed E-state index contributed by atoms with van der Waals surface area (Å²) in [6.45, 7) is 2.17. The van der Waals surface area contributed by atoms with Crippen molar-refractivity contribution in [3.63, 3.8) is 0 Å². The normalized spacial score (nSPS) is 12.3. The van der Waals surface area contributed by atoms with Crippen LogP contribution in [0.1, 0.15) is 18.5 Å². The van der Waals surface area contributed by atoms with E-state index < -0.39 is 0 Å². The average Bonchev–Trinajstić information content (AvgIpc) is 2.94. The number of pyridine rings is 1. The van der Waals surface area contributed by atoms with Gasteiger partial charge in [0.05, 0.1) is 16.3 Å². The summed E-state index contributed by atoms with van der Waals surface area (Å²) in [6.07, 6.45) is 1.96. The van der Waals surface area contributed by atoms with Gasteiger partial charge in [-0.1, -0.05) is 6.07 Å². The largest absolute Gasteiger partial charge is 0.378 e. The van der Waals surface area contributed by atoms with Gasteiger partial charge in [0.25, 0.3) is 0 Å². The molecule has 0 spiro atoms. The summed E-state index contributed by atoms with van der Waals surface area (Å²) in [6, 6.07) is 12.9. The third-order valence-electron chi connectivity index (χ3n) is 3.57. The number of anilines is 2. The van der Waals surface area contributed by atoms with Gasteiger partial charge in [0, 0.05) is 31.7 Å². The Morgan fingerprint density at radius 2 is 2.05 bits per heavy atom. The lowest BCUT2D eigenvalue weighted by molar-refractivity contribution is 0.880. The molecule has 0 saturated heterocycles. The van der Waals surface area contributed by atoms with E-state index in [0.717, 1.165) is 11.2 Å². The smallest absolute Gasteiger partial charge is 0.0809 e. The van der Waals surface area contributed by atoms with Crippen LogP contribution < -0.4 is 10.2 Å². The lowest BCUT2D eigenvalue weighted by Gasteiger charge is -2.18. The number of fused-ring (bicyclic) bond motifs is 1. The van der Waals surface area contributed by atoms with Crippen LogP contribution in [0.25, 0.3) is 10.2 Å². The maximum atomic E-state index is 4.51. The van der Waals surface area contributed by atoms with Crippen molar-refractivity contribution in [2.45, 2.75) is 13.0 Å². The number of rotatable bonds is 4. The summed E-state index contributed by atoms with van der Waals surface area (Å²) in [5.41, 5.74) is 4.60. The van der Waals surface area contributed by atoms with Gasteiger partial charge in [0.2, 0.25) is 0 Å². The highest BCUT2D eigenvalue weighted by Crippen LogP contribution is 2.26. The van der Waals surface area contributed by atoms with Crippen molar-refractivity contribution >= 4 is 32.9 Å². The van der Waals surface area contributed by atoms with E-state index in [4.69, 9.17) is 0 Å². The highest BCUT2D eigenvalue weighted by Gasteiger charge is 2.08. The van der Waals surface area contributed by atoms with Gasteiger partial charge in [-0.15, -0.1) is 11.3 Å². The van der Waals surface area contributed by atoms with E-state index in [9.17, 15) is 0 Å². The minimum Gasteiger partial charge on any atom is -0.378 e. The Labute approximate surface area is 129 Å². The molecule has 0 amide bonds. The van der Waals surface area contributed by atoms with Crippen LogP contribution in [0.5, 0.6) is 0 Å². The zero-order chi connectivity index (χ0) is 14.8. The summed E-state index contributed by atoms with van der Waals surface area (Å²) in [5, 5.41) is 5.63. The summed E-state index contributed by atoms with van der Waals surface area (Å²) < 4.78 is 1.24. The summed E-state index contributed by atoms with van der Waals surface area (Å²) in [5.74, 6) is 0. The van der Waals surface area contributed by atoms with Gasteiger partial charge in [-0.3, -0.25) is 4.98 Å². The Hall–Kier alpha value is -2.07. The van der Waals surface area contributed by atoms with Crippen molar-refractivity contribution in [3.05, 3.63) is 53.5 Å². The van der Waals surface area contributed by atoms with Crippen molar-refractivity contribution in [2.75, 3.05) is 24.3 Å². The Kier molecular flexibility index (Phi) is 3.80. The predicted octanol–water partition coefficient (Wildman–Crippen LogP) is 4.54.